The van der Waals surface area contributed by atoms with Gasteiger partial charge >= 0.3 is 6.09 Å². The van der Waals surface area contributed by atoms with Gasteiger partial charge in [-0.3, -0.25) is 4.79 Å². The molecule has 0 aliphatic heterocycles. The number of rotatable bonds is 7. The number of carbonyl (C=O) groups excluding carboxylic acids is 2. The molecule has 0 saturated heterocycles. The summed E-state index contributed by atoms with van der Waals surface area (Å²) in [6.07, 6.45) is 3.48. The molecule has 0 heterocycles. The van der Waals surface area contributed by atoms with E-state index in [1.54, 1.807) is 0 Å². The maximum Gasteiger partial charge on any atom is 0.406 e. The van der Waals surface area contributed by atoms with E-state index in [0.29, 0.717) is 12.5 Å². The predicted octanol–water partition coefficient (Wildman–Crippen LogP) is 1.28. The Morgan fingerprint density at radius 3 is 2.71 bits per heavy atom. The molecule has 1 aliphatic rings. The van der Waals surface area contributed by atoms with E-state index in [1.807, 2.05) is 6.92 Å². The van der Waals surface area contributed by atoms with Crippen molar-refractivity contribution in [3.05, 3.63) is 0 Å². The average Bonchev–Trinajstić information content (AvgIpc) is 3.10. The van der Waals surface area contributed by atoms with Crippen LogP contribution >= 0.6 is 0 Å². The van der Waals surface area contributed by atoms with E-state index < -0.39 is 6.09 Å². The van der Waals surface area contributed by atoms with Gasteiger partial charge in [-0.1, -0.05) is 6.92 Å². The molecule has 2 atom stereocenters. The highest BCUT2D eigenvalue weighted by Crippen LogP contribution is 2.41. The zero-order valence-electron chi connectivity index (χ0n) is 10.6. The molecule has 0 aromatic heterocycles. The topological polar surface area (TPSA) is 67.4 Å². The van der Waals surface area contributed by atoms with Crippen LogP contribution in [0.25, 0.3) is 0 Å². The molecule has 5 heteroatoms. The summed E-state index contributed by atoms with van der Waals surface area (Å²) >= 11 is 0. The van der Waals surface area contributed by atoms with Crippen LogP contribution in [0.2, 0.25) is 0 Å². The lowest BCUT2D eigenvalue weighted by Crippen LogP contribution is -2.26. The Hall–Kier alpha value is -1.26. The molecule has 2 amide bonds. The Kier molecular flexibility index (Phi) is 5.80. The molecule has 0 radical (unpaired) electrons. The zero-order valence-corrected chi connectivity index (χ0v) is 10.6. The SMILES string of the molecule is CCCNC(=O)C1CC1CCCNC(=O)OC. The molecule has 0 aromatic carbocycles. The van der Waals surface area contributed by atoms with Gasteiger partial charge in [0, 0.05) is 19.0 Å². The van der Waals surface area contributed by atoms with Crippen molar-refractivity contribution in [2.75, 3.05) is 20.2 Å². The fraction of sp³-hybridized carbons (Fsp3) is 0.833. The normalized spacial score (nSPS) is 21.8. The van der Waals surface area contributed by atoms with Crippen LogP contribution in [0.1, 0.15) is 32.6 Å². The Bertz CT molecular complexity index is 268. The summed E-state index contributed by atoms with van der Waals surface area (Å²) in [7, 11) is 1.35. The fourth-order valence-corrected chi connectivity index (χ4v) is 1.89. The third-order valence-corrected chi connectivity index (χ3v) is 3.02. The van der Waals surface area contributed by atoms with E-state index in [0.717, 1.165) is 32.2 Å². The van der Waals surface area contributed by atoms with Crippen molar-refractivity contribution in [3.63, 3.8) is 0 Å². The first-order chi connectivity index (χ1) is 8.19. The fourth-order valence-electron chi connectivity index (χ4n) is 1.89. The highest BCUT2D eigenvalue weighted by Gasteiger charge is 2.41. The first-order valence-electron chi connectivity index (χ1n) is 6.28. The third-order valence-electron chi connectivity index (χ3n) is 3.02. The highest BCUT2D eigenvalue weighted by molar-refractivity contribution is 5.81. The summed E-state index contributed by atoms with van der Waals surface area (Å²) in [5.41, 5.74) is 0. The minimum absolute atomic E-state index is 0.192. The van der Waals surface area contributed by atoms with Crippen molar-refractivity contribution >= 4 is 12.0 Å². The number of carbonyl (C=O) groups is 2. The van der Waals surface area contributed by atoms with E-state index in [9.17, 15) is 9.59 Å². The predicted molar refractivity (Wildman–Crippen MR) is 64.5 cm³/mol. The molecule has 98 valence electrons. The first-order valence-corrected chi connectivity index (χ1v) is 6.28. The van der Waals surface area contributed by atoms with Crippen molar-refractivity contribution in [1.82, 2.24) is 10.6 Å². The molecule has 0 aromatic rings. The van der Waals surface area contributed by atoms with Crippen molar-refractivity contribution in [2.24, 2.45) is 11.8 Å². The van der Waals surface area contributed by atoms with Crippen LogP contribution in [0.3, 0.4) is 0 Å². The van der Waals surface area contributed by atoms with Crippen molar-refractivity contribution in [2.45, 2.75) is 32.6 Å². The smallest absolute Gasteiger partial charge is 0.406 e. The molecule has 1 aliphatic carbocycles. The van der Waals surface area contributed by atoms with E-state index >= 15 is 0 Å². The van der Waals surface area contributed by atoms with E-state index in [4.69, 9.17) is 0 Å². The number of alkyl carbamates (subject to hydrolysis) is 1. The van der Waals surface area contributed by atoms with Gasteiger partial charge in [-0.05, 0) is 31.6 Å². The van der Waals surface area contributed by atoms with Crippen molar-refractivity contribution in [3.8, 4) is 0 Å². The van der Waals surface area contributed by atoms with Gasteiger partial charge < -0.3 is 15.4 Å². The van der Waals surface area contributed by atoms with Gasteiger partial charge in [0.2, 0.25) is 5.91 Å². The minimum Gasteiger partial charge on any atom is -0.453 e. The van der Waals surface area contributed by atoms with Gasteiger partial charge in [-0.2, -0.15) is 0 Å². The van der Waals surface area contributed by atoms with Crippen molar-refractivity contribution in [1.29, 1.82) is 0 Å². The van der Waals surface area contributed by atoms with Gasteiger partial charge in [-0.25, -0.2) is 4.79 Å². The second kappa shape index (κ2) is 7.14. The Labute approximate surface area is 102 Å². The molecular weight excluding hydrogens is 220 g/mol. The minimum atomic E-state index is -0.391. The molecule has 1 fully saturated rings. The number of amides is 2. The van der Waals surface area contributed by atoms with Gasteiger partial charge in [0.25, 0.3) is 0 Å². The summed E-state index contributed by atoms with van der Waals surface area (Å²) in [5.74, 6) is 0.906. The van der Waals surface area contributed by atoms with Gasteiger partial charge in [-0.15, -0.1) is 0 Å². The number of hydrogen-bond donors (Lipinski definition) is 2. The average molecular weight is 242 g/mol. The zero-order chi connectivity index (χ0) is 12.7. The van der Waals surface area contributed by atoms with E-state index in [1.165, 1.54) is 7.11 Å². The van der Waals surface area contributed by atoms with Crippen LogP contribution in [0.5, 0.6) is 0 Å². The molecule has 1 saturated carbocycles. The van der Waals surface area contributed by atoms with Crippen LogP contribution in [0.15, 0.2) is 0 Å². The van der Waals surface area contributed by atoms with Gasteiger partial charge in [0.15, 0.2) is 0 Å². The molecule has 2 N–H and O–H groups in total. The highest BCUT2D eigenvalue weighted by atomic mass is 16.5. The van der Waals surface area contributed by atoms with Crippen molar-refractivity contribution < 1.29 is 14.3 Å². The lowest BCUT2D eigenvalue weighted by atomic mass is 10.2. The van der Waals surface area contributed by atoms with Gasteiger partial charge in [0.05, 0.1) is 7.11 Å². The monoisotopic (exact) mass is 242 g/mol. The standard InChI is InChI=1S/C12H22N2O3/c1-3-6-13-11(15)10-8-9(10)5-4-7-14-12(16)17-2/h9-10H,3-8H2,1-2H3,(H,13,15)(H,14,16). The van der Waals surface area contributed by atoms with Gasteiger partial charge in [0.1, 0.15) is 0 Å². The second-order valence-corrected chi connectivity index (χ2v) is 4.45. The lowest BCUT2D eigenvalue weighted by Gasteiger charge is -2.04. The largest absolute Gasteiger partial charge is 0.453 e. The summed E-state index contributed by atoms with van der Waals surface area (Å²) in [6.45, 7) is 3.43. The van der Waals surface area contributed by atoms with E-state index in [-0.39, 0.29) is 11.8 Å². The first kappa shape index (κ1) is 13.8. The Morgan fingerprint density at radius 1 is 1.29 bits per heavy atom. The molecule has 2 unspecified atom stereocenters. The second-order valence-electron chi connectivity index (χ2n) is 4.45. The van der Waals surface area contributed by atoms with Crippen LogP contribution < -0.4 is 10.6 Å². The third kappa shape index (κ3) is 5.06. The maximum atomic E-state index is 11.6. The Balaban J connectivity index is 2.00. The number of methoxy groups -OCH3 is 1. The molecule has 0 spiro atoms. The van der Waals surface area contributed by atoms with Crippen LogP contribution in [-0.4, -0.2) is 32.2 Å². The number of ether oxygens (including phenoxy) is 1. The maximum absolute atomic E-state index is 11.6. The lowest BCUT2D eigenvalue weighted by molar-refractivity contribution is -0.122. The van der Waals surface area contributed by atoms with Crippen LogP contribution in [-0.2, 0) is 9.53 Å². The molecular formula is C12H22N2O3. The molecule has 1 rings (SSSR count). The molecule has 17 heavy (non-hydrogen) atoms. The molecule has 5 nitrogen and oxygen atoms in total. The summed E-state index contributed by atoms with van der Waals surface area (Å²) in [6, 6.07) is 0. The number of nitrogens with one attached hydrogen (secondary N) is 2. The quantitative estimate of drug-likeness (QED) is 0.661. The molecule has 0 bridgehead atoms. The summed E-state index contributed by atoms with van der Waals surface area (Å²) in [5, 5.41) is 5.55. The van der Waals surface area contributed by atoms with Crippen LogP contribution in [0.4, 0.5) is 4.79 Å². The Morgan fingerprint density at radius 2 is 2.06 bits per heavy atom. The summed E-state index contributed by atoms with van der Waals surface area (Å²) in [4.78, 5) is 22.3. The number of hydrogen-bond acceptors (Lipinski definition) is 3. The van der Waals surface area contributed by atoms with Crippen LogP contribution in [0, 0.1) is 11.8 Å². The van der Waals surface area contributed by atoms with E-state index in [2.05, 4.69) is 15.4 Å². The summed E-state index contributed by atoms with van der Waals surface area (Å²) < 4.78 is 4.46.